The smallest absolute Gasteiger partial charge is 0.124 e. The lowest BCUT2D eigenvalue weighted by Gasteiger charge is -2.06. The molecule has 1 aromatic rings. The zero-order valence-corrected chi connectivity index (χ0v) is 8.34. The second-order valence-electron chi connectivity index (χ2n) is 2.75. The van der Waals surface area contributed by atoms with Crippen LogP contribution in [0.3, 0.4) is 0 Å². The van der Waals surface area contributed by atoms with Crippen LogP contribution in [-0.4, -0.2) is 9.46 Å². The molecule has 0 radical (unpaired) electrons. The van der Waals surface area contributed by atoms with Gasteiger partial charge in [-0.3, -0.25) is 4.21 Å². The zero-order chi connectivity index (χ0) is 10.7. The van der Waals surface area contributed by atoms with Gasteiger partial charge in [-0.1, -0.05) is 0 Å². The number of benzene rings is 1. The standard InChI is InChI=1S/C9H9FN2OS/c1-6(5-11)14(13)9-4-7(10)2-3-8(9)12/h2-4,6H,12H2,1H3. The van der Waals surface area contributed by atoms with E-state index in [0.717, 1.165) is 6.07 Å². The summed E-state index contributed by atoms with van der Waals surface area (Å²) < 4.78 is 24.4. The Hall–Kier alpha value is -1.41. The Morgan fingerprint density at radius 2 is 2.29 bits per heavy atom. The highest BCUT2D eigenvalue weighted by molar-refractivity contribution is 7.86. The number of nitrogens with zero attached hydrogens (tertiary/aromatic N) is 1. The van der Waals surface area contributed by atoms with Gasteiger partial charge in [0, 0.05) is 5.69 Å². The van der Waals surface area contributed by atoms with E-state index in [-0.39, 0.29) is 10.6 Å². The number of rotatable bonds is 2. The van der Waals surface area contributed by atoms with Crippen molar-refractivity contribution in [1.29, 1.82) is 5.26 Å². The Balaban J connectivity index is 3.14. The van der Waals surface area contributed by atoms with Crippen LogP contribution in [0.5, 0.6) is 0 Å². The maximum Gasteiger partial charge on any atom is 0.124 e. The molecular formula is C9H9FN2OS. The minimum atomic E-state index is -1.58. The molecule has 0 bridgehead atoms. The van der Waals surface area contributed by atoms with Gasteiger partial charge in [-0.25, -0.2) is 4.39 Å². The number of hydrogen-bond donors (Lipinski definition) is 1. The summed E-state index contributed by atoms with van der Waals surface area (Å²) in [5.74, 6) is -0.507. The molecule has 14 heavy (non-hydrogen) atoms. The molecule has 0 spiro atoms. The second kappa shape index (κ2) is 4.20. The van der Waals surface area contributed by atoms with Gasteiger partial charge in [0.2, 0.25) is 0 Å². The molecule has 74 valence electrons. The SMILES string of the molecule is CC(C#N)S(=O)c1cc(F)ccc1N. The number of hydrogen-bond acceptors (Lipinski definition) is 3. The molecule has 0 saturated carbocycles. The van der Waals surface area contributed by atoms with Gasteiger partial charge >= 0.3 is 0 Å². The van der Waals surface area contributed by atoms with Crippen LogP contribution in [0.4, 0.5) is 10.1 Å². The van der Waals surface area contributed by atoms with Gasteiger partial charge in [-0.15, -0.1) is 0 Å². The lowest BCUT2D eigenvalue weighted by atomic mass is 10.3. The Bertz CT molecular complexity index is 414. The van der Waals surface area contributed by atoms with Crippen LogP contribution in [0, 0.1) is 17.1 Å². The molecule has 0 aliphatic carbocycles. The first-order valence-electron chi connectivity index (χ1n) is 3.91. The van der Waals surface area contributed by atoms with Crippen molar-refractivity contribution in [2.45, 2.75) is 17.1 Å². The summed E-state index contributed by atoms with van der Waals surface area (Å²) in [6, 6.07) is 5.46. The Labute approximate surface area is 83.8 Å². The molecule has 2 atom stereocenters. The van der Waals surface area contributed by atoms with Crippen LogP contribution in [0.2, 0.25) is 0 Å². The van der Waals surface area contributed by atoms with Gasteiger partial charge in [0.05, 0.1) is 21.8 Å². The van der Waals surface area contributed by atoms with Gasteiger partial charge in [-0.2, -0.15) is 5.26 Å². The minimum Gasteiger partial charge on any atom is -0.398 e. The van der Waals surface area contributed by atoms with Gasteiger partial charge in [0.25, 0.3) is 0 Å². The summed E-state index contributed by atoms with van der Waals surface area (Å²) >= 11 is 0. The molecule has 0 heterocycles. The first-order valence-corrected chi connectivity index (χ1v) is 5.12. The molecule has 1 aromatic carbocycles. The predicted molar refractivity (Wildman–Crippen MR) is 52.3 cm³/mol. The average molecular weight is 212 g/mol. The van der Waals surface area contributed by atoms with Crippen molar-refractivity contribution in [1.82, 2.24) is 0 Å². The van der Waals surface area contributed by atoms with Gasteiger partial charge in [0.1, 0.15) is 11.1 Å². The first-order chi connectivity index (χ1) is 6.56. The second-order valence-corrected chi connectivity index (χ2v) is 4.49. The summed E-state index contributed by atoms with van der Waals surface area (Å²) in [4.78, 5) is 0.180. The summed E-state index contributed by atoms with van der Waals surface area (Å²) in [5, 5.41) is 7.85. The number of halogens is 1. The van der Waals surface area contributed by atoms with Crippen LogP contribution in [0.15, 0.2) is 23.1 Å². The fourth-order valence-electron chi connectivity index (χ4n) is 0.921. The van der Waals surface area contributed by atoms with Gasteiger partial charge in [0.15, 0.2) is 0 Å². The largest absolute Gasteiger partial charge is 0.398 e. The van der Waals surface area contributed by atoms with Crippen molar-refractivity contribution < 1.29 is 8.60 Å². The van der Waals surface area contributed by atoms with E-state index < -0.39 is 21.9 Å². The quantitative estimate of drug-likeness (QED) is 0.754. The van der Waals surface area contributed by atoms with Crippen molar-refractivity contribution in [2.24, 2.45) is 0 Å². The summed E-state index contributed by atoms with van der Waals surface area (Å²) in [6.45, 7) is 1.50. The third kappa shape index (κ3) is 2.09. The van der Waals surface area contributed by atoms with Crippen LogP contribution >= 0.6 is 0 Å². The monoisotopic (exact) mass is 212 g/mol. The molecule has 1 rings (SSSR count). The highest BCUT2D eigenvalue weighted by Gasteiger charge is 2.15. The van der Waals surface area contributed by atoms with E-state index in [9.17, 15) is 8.60 Å². The topological polar surface area (TPSA) is 66.9 Å². The Morgan fingerprint density at radius 1 is 1.64 bits per heavy atom. The van der Waals surface area contributed by atoms with E-state index in [0.29, 0.717) is 0 Å². The lowest BCUT2D eigenvalue weighted by molar-refractivity contribution is 0.623. The van der Waals surface area contributed by atoms with Crippen molar-refractivity contribution in [2.75, 3.05) is 5.73 Å². The maximum absolute atomic E-state index is 12.8. The molecular weight excluding hydrogens is 203 g/mol. The molecule has 0 aliphatic heterocycles. The van der Waals surface area contributed by atoms with Crippen molar-refractivity contribution >= 4 is 16.5 Å². The lowest BCUT2D eigenvalue weighted by Crippen LogP contribution is -2.10. The molecule has 0 fully saturated rings. The third-order valence-corrected chi connectivity index (χ3v) is 3.23. The van der Waals surface area contributed by atoms with Crippen LogP contribution in [-0.2, 0) is 10.8 Å². The van der Waals surface area contributed by atoms with Crippen molar-refractivity contribution in [3.05, 3.63) is 24.0 Å². The van der Waals surface area contributed by atoms with E-state index in [1.54, 1.807) is 0 Å². The number of anilines is 1. The van der Waals surface area contributed by atoms with Gasteiger partial charge in [-0.05, 0) is 25.1 Å². The molecule has 2 unspecified atom stereocenters. The van der Waals surface area contributed by atoms with E-state index in [1.807, 2.05) is 6.07 Å². The molecule has 0 aliphatic rings. The average Bonchev–Trinajstić information content (AvgIpc) is 2.19. The predicted octanol–water partition coefficient (Wildman–Crippen LogP) is 1.43. The summed E-state index contributed by atoms with van der Waals surface area (Å²) in [7, 11) is -1.58. The Kier molecular flexibility index (Phi) is 3.20. The fourth-order valence-corrected chi connectivity index (χ4v) is 1.93. The van der Waals surface area contributed by atoms with Crippen LogP contribution < -0.4 is 5.73 Å². The number of nitrogen functional groups attached to an aromatic ring is 1. The van der Waals surface area contributed by atoms with Crippen molar-refractivity contribution in [3.63, 3.8) is 0 Å². The normalized spacial score (nSPS) is 14.4. The van der Waals surface area contributed by atoms with E-state index >= 15 is 0 Å². The minimum absolute atomic E-state index is 0.180. The summed E-state index contributed by atoms with van der Waals surface area (Å²) in [5.41, 5.74) is 5.76. The van der Waals surface area contributed by atoms with Crippen molar-refractivity contribution in [3.8, 4) is 6.07 Å². The van der Waals surface area contributed by atoms with Crippen LogP contribution in [0.1, 0.15) is 6.92 Å². The van der Waals surface area contributed by atoms with E-state index in [1.165, 1.54) is 19.1 Å². The third-order valence-electron chi connectivity index (χ3n) is 1.70. The van der Waals surface area contributed by atoms with Gasteiger partial charge < -0.3 is 5.73 Å². The van der Waals surface area contributed by atoms with Crippen LogP contribution in [0.25, 0.3) is 0 Å². The summed E-state index contributed by atoms with van der Waals surface area (Å²) in [6.07, 6.45) is 0. The van der Waals surface area contributed by atoms with E-state index in [4.69, 9.17) is 11.0 Å². The fraction of sp³-hybridized carbons (Fsp3) is 0.222. The molecule has 5 heteroatoms. The molecule has 0 amide bonds. The number of nitrogens with two attached hydrogens (primary N) is 1. The molecule has 3 nitrogen and oxygen atoms in total. The van der Waals surface area contributed by atoms with E-state index in [2.05, 4.69) is 0 Å². The maximum atomic E-state index is 12.8. The molecule has 0 aromatic heterocycles. The highest BCUT2D eigenvalue weighted by Crippen LogP contribution is 2.19. The Morgan fingerprint density at radius 3 is 2.86 bits per heavy atom. The molecule has 2 N–H and O–H groups in total. The zero-order valence-electron chi connectivity index (χ0n) is 7.53. The number of nitriles is 1. The first kappa shape index (κ1) is 10.7. The molecule has 0 saturated heterocycles. The highest BCUT2D eigenvalue weighted by atomic mass is 32.2.